The van der Waals surface area contributed by atoms with Crippen LogP contribution in [0.4, 0.5) is 14.9 Å². The zero-order chi connectivity index (χ0) is 29.8. The standard InChI is InChI=1S/C27H33FN6O6/c1-14(2)20(21(36)23-32-33-25(40-23)27(5,6)16-8-10-17(28)11-9-16)31-19(35)13-34-22(15(3)4)29-12-18(24(34)37)30-26(38)39-7/h8-12,14-15,20H,13H2,1-7H3,(H,30,38)(H,31,35)/t20-/m0/s1. The van der Waals surface area contributed by atoms with Crippen molar-refractivity contribution in [2.75, 3.05) is 12.4 Å². The second-order valence-corrected chi connectivity index (χ2v) is 10.4. The predicted octanol–water partition coefficient (Wildman–Crippen LogP) is 3.42. The van der Waals surface area contributed by atoms with E-state index in [9.17, 15) is 23.6 Å². The van der Waals surface area contributed by atoms with Gasteiger partial charge in [-0.15, -0.1) is 10.2 Å². The van der Waals surface area contributed by atoms with Crippen molar-refractivity contribution in [2.45, 2.75) is 65.5 Å². The molecule has 0 fully saturated rings. The van der Waals surface area contributed by atoms with Crippen molar-refractivity contribution in [2.24, 2.45) is 5.92 Å². The molecule has 2 aromatic heterocycles. The van der Waals surface area contributed by atoms with Crippen molar-refractivity contribution in [3.05, 3.63) is 69.8 Å². The molecule has 40 heavy (non-hydrogen) atoms. The lowest BCUT2D eigenvalue weighted by atomic mass is 9.84. The molecule has 2 N–H and O–H groups in total. The SMILES string of the molecule is COC(=O)Nc1cnc(C(C)C)n(CC(=O)N[C@H](C(=O)c2nnc(C(C)(C)c3ccc(F)cc3)o2)C(C)C)c1=O. The summed E-state index contributed by atoms with van der Waals surface area (Å²) in [5.74, 6) is -2.07. The van der Waals surface area contributed by atoms with Gasteiger partial charge < -0.3 is 14.5 Å². The molecule has 0 aliphatic carbocycles. The largest absolute Gasteiger partial charge is 0.453 e. The van der Waals surface area contributed by atoms with E-state index in [4.69, 9.17) is 4.42 Å². The van der Waals surface area contributed by atoms with Gasteiger partial charge in [-0.1, -0.05) is 39.8 Å². The number of carbonyl (C=O) groups excluding carboxylic acids is 3. The summed E-state index contributed by atoms with van der Waals surface area (Å²) in [6.45, 7) is 10.2. The molecule has 13 heteroatoms. The molecule has 2 amide bonds. The van der Waals surface area contributed by atoms with Crippen LogP contribution in [0.1, 0.15) is 75.4 Å². The highest BCUT2D eigenvalue weighted by Crippen LogP contribution is 2.30. The van der Waals surface area contributed by atoms with Gasteiger partial charge in [0.05, 0.1) is 24.8 Å². The van der Waals surface area contributed by atoms with Crippen molar-refractivity contribution >= 4 is 23.5 Å². The van der Waals surface area contributed by atoms with E-state index in [0.717, 1.165) is 11.7 Å². The fourth-order valence-electron chi connectivity index (χ4n) is 3.96. The minimum atomic E-state index is -1.04. The van der Waals surface area contributed by atoms with E-state index in [1.54, 1.807) is 53.7 Å². The smallest absolute Gasteiger partial charge is 0.411 e. The molecule has 0 unspecified atom stereocenters. The molecule has 2 heterocycles. The Kier molecular flexibility index (Phi) is 9.17. The summed E-state index contributed by atoms with van der Waals surface area (Å²) in [5.41, 5.74) is -0.936. The number of halogens is 1. The molecule has 0 spiro atoms. The predicted molar refractivity (Wildman–Crippen MR) is 143 cm³/mol. The van der Waals surface area contributed by atoms with Gasteiger partial charge in [0.1, 0.15) is 23.9 Å². The molecule has 214 valence electrons. The lowest BCUT2D eigenvalue weighted by molar-refractivity contribution is -0.122. The number of hydrogen-bond acceptors (Lipinski definition) is 9. The van der Waals surface area contributed by atoms with Gasteiger partial charge in [-0.3, -0.25) is 24.3 Å². The van der Waals surface area contributed by atoms with Crippen LogP contribution >= 0.6 is 0 Å². The summed E-state index contributed by atoms with van der Waals surface area (Å²) in [5, 5.41) is 12.9. The van der Waals surface area contributed by atoms with Crippen LogP contribution in [-0.4, -0.2) is 50.7 Å². The highest BCUT2D eigenvalue weighted by Gasteiger charge is 2.34. The highest BCUT2D eigenvalue weighted by atomic mass is 19.1. The zero-order valence-corrected chi connectivity index (χ0v) is 23.4. The maximum absolute atomic E-state index is 13.4. The van der Waals surface area contributed by atoms with Crippen LogP contribution in [0.25, 0.3) is 0 Å². The Hall–Kier alpha value is -4.42. The van der Waals surface area contributed by atoms with E-state index in [1.807, 2.05) is 0 Å². The maximum atomic E-state index is 13.4. The molecule has 1 atom stereocenters. The molecule has 3 rings (SSSR count). The van der Waals surface area contributed by atoms with Gasteiger partial charge in [0.2, 0.25) is 17.6 Å². The van der Waals surface area contributed by atoms with E-state index in [0.29, 0.717) is 11.4 Å². The molecule has 1 aromatic carbocycles. The Labute approximate surface area is 230 Å². The van der Waals surface area contributed by atoms with Crippen LogP contribution in [-0.2, 0) is 21.5 Å². The Morgan fingerprint density at radius 3 is 2.33 bits per heavy atom. The fraction of sp³-hybridized carbons (Fsp3) is 0.444. The summed E-state index contributed by atoms with van der Waals surface area (Å²) in [6, 6.07) is 4.77. The number of hydrogen-bond donors (Lipinski definition) is 2. The minimum Gasteiger partial charge on any atom is -0.453 e. The van der Waals surface area contributed by atoms with Crippen molar-refractivity contribution in [1.82, 2.24) is 25.1 Å². The topological polar surface area (TPSA) is 158 Å². The van der Waals surface area contributed by atoms with Crippen LogP contribution in [0, 0.1) is 11.7 Å². The summed E-state index contributed by atoms with van der Waals surface area (Å²) in [6.07, 6.45) is 0.337. The molecule has 12 nitrogen and oxygen atoms in total. The quantitative estimate of drug-likeness (QED) is 0.357. The molecular weight excluding hydrogens is 523 g/mol. The van der Waals surface area contributed by atoms with Crippen molar-refractivity contribution in [1.29, 1.82) is 0 Å². The van der Waals surface area contributed by atoms with E-state index in [2.05, 4.69) is 30.6 Å². The molecule has 3 aromatic rings. The van der Waals surface area contributed by atoms with E-state index < -0.39 is 41.3 Å². The number of nitrogens with one attached hydrogen (secondary N) is 2. The Morgan fingerprint density at radius 1 is 1.10 bits per heavy atom. The summed E-state index contributed by atoms with van der Waals surface area (Å²) in [4.78, 5) is 55.3. The maximum Gasteiger partial charge on any atom is 0.411 e. The number of ether oxygens (including phenoxy) is 1. The molecule has 0 aliphatic heterocycles. The summed E-state index contributed by atoms with van der Waals surface area (Å²) in [7, 11) is 1.15. The highest BCUT2D eigenvalue weighted by molar-refractivity contribution is 5.98. The van der Waals surface area contributed by atoms with Gasteiger partial charge in [-0.2, -0.15) is 0 Å². The second kappa shape index (κ2) is 12.2. The monoisotopic (exact) mass is 556 g/mol. The minimum absolute atomic E-state index is 0.144. The lowest BCUT2D eigenvalue weighted by Crippen LogP contribution is -2.47. The van der Waals surface area contributed by atoms with E-state index >= 15 is 0 Å². The molecule has 0 saturated heterocycles. The number of rotatable bonds is 10. The number of Topliss-reactive ketones (excluding diaryl/α,β-unsaturated/α-hetero) is 1. The van der Waals surface area contributed by atoms with Crippen LogP contribution in [0.15, 0.2) is 39.7 Å². The number of anilines is 1. The summed E-state index contributed by atoms with van der Waals surface area (Å²) >= 11 is 0. The summed E-state index contributed by atoms with van der Waals surface area (Å²) < 4.78 is 24.8. The van der Waals surface area contributed by atoms with Gasteiger partial charge in [-0.25, -0.2) is 14.2 Å². The van der Waals surface area contributed by atoms with Crippen LogP contribution in [0.3, 0.4) is 0 Å². The van der Waals surface area contributed by atoms with Crippen molar-refractivity contribution < 1.29 is 27.9 Å². The fourth-order valence-corrected chi connectivity index (χ4v) is 3.96. The first-order valence-corrected chi connectivity index (χ1v) is 12.6. The number of nitrogens with zero attached hydrogens (tertiary/aromatic N) is 4. The molecule has 0 saturated carbocycles. The number of carbonyl (C=O) groups is 3. The third kappa shape index (κ3) is 6.58. The van der Waals surface area contributed by atoms with Crippen LogP contribution in [0.2, 0.25) is 0 Å². The second-order valence-electron chi connectivity index (χ2n) is 10.4. The first-order valence-electron chi connectivity index (χ1n) is 12.6. The number of methoxy groups -OCH3 is 1. The van der Waals surface area contributed by atoms with Crippen LogP contribution in [0.5, 0.6) is 0 Å². The third-order valence-electron chi connectivity index (χ3n) is 6.32. The number of amides is 2. The Bertz CT molecular complexity index is 1440. The van der Waals surface area contributed by atoms with Gasteiger partial charge in [0, 0.05) is 5.92 Å². The molecule has 0 bridgehead atoms. The first kappa shape index (κ1) is 30.1. The zero-order valence-electron chi connectivity index (χ0n) is 23.4. The van der Waals surface area contributed by atoms with Crippen LogP contribution < -0.4 is 16.2 Å². The molecular formula is C27H33FN6O6. The van der Waals surface area contributed by atoms with E-state index in [1.165, 1.54) is 18.3 Å². The Morgan fingerprint density at radius 2 is 1.75 bits per heavy atom. The van der Waals surface area contributed by atoms with Gasteiger partial charge in [0.15, 0.2) is 0 Å². The molecule has 0 aliphatic rings. The van der Waals surface area contributed by atoms with Gasteiger partial charge in [0.25, 0.3) is 11.4 Å². The average Bonchev–Trinajstić information content (AvgIpc) is 3.40. The van der Waals surface area contributed by atoms with Gasteiger partial charge >= 0.3 is 6.09 Å². The number of ketones is 1. The Balaban J connectivity index is 1.84. The van der Waals surface area contributed by atoms with Gasteiger partial charge in [-0.05, 0) is 37.5 Å². The van der Waals surface area contributed by atoms with E-state index in [-0.39, 0.29) is 35.1 Å². The lowest BCUT2D eigenvalue weighted by Gasteiger charge is -2.22. The number of aromatic nitrogens is 4. The van der Waals surface area contributed by atoms with Crippen molar-refractivity contribution in [3.8, 4) is 0 Å². The average molecular weight is 557 g/mol. The van der Waals surface area contributed by atoms with Crippen molar-refractivity contribution in [3.63, 3.8) is 0 Å². The normalized spacial score (nSPS) is 12.3. The number of benzene rings is 1. The first-order chi connectivity index (χ1) is 18.8. The third-order valence-corrected chi connectivity index (χ3v) is 6.32. The molecule has 0 radical (unpaired) electrons.